The number of benzene rings is 1. The number of nitriles is 1. The lowest BCUT2D eigenvalue weighted by molar-refractivity contribution is -0.135. The van der Waals surface area contributed by atoms with E-state index >= 15 is 0 Å². The summed E-state index contributed by atoms with van der Waals surface area (Å²) in [5.41, 5.74) is 11.1. The predicted molar refractivity (Wildman–Crippen MR) is 74.0 cm³/mol. The molecule has 0 bridgehead atoms. The van der Waals surface area contributed by atoms with Crippen LogP contribution >= 0.6 is 0 Å². The van der Waals surface area contributed by atoms with Crippen molar-refractivity contribution in [2.45, 2.75) is 25.9 Å². The zero-order valence-corrected chi connectivity index (χ0v) is 11.7. The van der Waals surface area contributed by atoms with Crippen molar-refractivity contribution >= 4 is 11.8 Å². The van der Waals surface area contributed by atoms with Gasteiger partial charge < -0.3 is 16.4 Å². The van der Waals surface area contributed by atoms with E-state index in [1.807, 2.05) is 6.07 Å². The lowest BCUT2D eigenvalue weighted by Gasteiger charge is -2.24. The normalized spacial score (nSPS) is 11.5. The Morgan fingerprint density at radius 1 is 1.48 bits per heavy atom. The highest BCUT2D eigenvalue weighted by Crippen LogP contribution is 2.13. The minimum Gasteiger partial charge on any atom is -0.370 e. The van der Waals surface area contributed by atoms with Gasteiger partial charge in [-0.25, -0.2) is 4.39 Å². The maximum absolute atomic E-state index is 13.8. The van der Waals surface area contributed by atoms with Crippen molar-refractivity contribution in [1.82, 2.24) is 4.90 Å². The first-order valence-corrected chi connectivity index (χ1v) is 6.40. The molecule has 0 radical (unpaired) electrons. The second kappa shape index (κ2) is 7.36. The van der Waals surface area contributed by atoms with Crippen molar-refractivity contribution < 1.29 is 14.0 Å². The van der Waals surface area contributed by atoms with Gasteiger partial charge in [0.2, 0.25) is 11.8 Å². The quantitative estimate of drug-likeness (QED) is 0.782. The lowest BCUT2D eigenvalue weighted by Crippen LogP contribution is -2.45. The molecule has 0 heterocycles. The first-order valence-electron chi connectivity index (χ1n) is 6.40. The molecule has 4 N–H and O–H groups in total. The molecule has 0 fully saturated rings. The summed E-state index contributed by atoms with van der Waals surface area (Å²) in [6.07, 6.45) is -0.259. The van der Waals surface area contributed by atoms with Crippen LogP contribution in [0.2, 0.25) is 0 Å². The molecule has 0 aliphatic rings. The molecule has 21 heavy (non-hydrogen) atoms. The van der Waals surface area contributed by atoms with Crippen LogP contribution in [-0.2, 0) is 16.1 Å². The van der Waals surface area contributed by atoms with Gasteiger partial charge in [-0.2, -0.15) is 5.26 Å². The molecule has 1 aromatic rings. The fourth-order valence-corrected chi connectivity index (χ4v) is 1.83. The molecule has 1 unspecified atom stereocenters. The molecule has 7 heteroatoms. The molecule has 0 aliphatic carbocycles. The summed E-state index contributed by atoms with van der Waals surface area (Å²) < 4.78 is 13.8. The standard InChI is InChI=1S/C14H17FN4O2/c1-2-19(14(21)12(17)6-13(18)20)8-10-4-3-9(7-16)5-11(10)15/h3-5,12H,2,6,8,17H2,1H3,(H2,18,20). The number of amides is 2. The molecule has 112 valence electrons. The number of nitrogens with zero attached hydrogens (tertiary/aromatic N) is 2. The Hall–Kier alpha value is -2.46. The van der Waals surface area contributed by atoms with E-state index in [2.05, 4.69) is 0 Å². The van der Waals surface area contributed by atoms with Crippen molar-refractivity contribution in [3.05, 3.63) is 35.1 Å². The van der Waals surface area contributed by atoms with Crippen LogP contribution < -0.4 is 11.5 Å². The van der Waals surface area contributed by atoms with Crippen molar-refractivity contribution in [2.24, 2.45) is 11.5 Å². The zero-order chi connectivity index (χ0) is 16.0. The zero-order valence-electron chi connectivity index (χ0n) is 11.7. The van der Waals surface area contributed by atoms with Gasteiger partial charge in [0, 0.05) is 18.7 Å². The molecule has 0 aromatic heterocycles. The highest BCUT2D eigenvalue weighted by molar-refractivity contribution is 5.87. The maximum atomic E-state index is 13.8. The summed E-state index contributed by atoms with van der Waals surface area (Å²) in [6, 6.07) is 4.82. The van der Waals surface area contributed by atoms with Crippen molar-refractivity contribution in [3.63, 3.8) is 0 Å². The van der Waals surface area contributed by atoms with E-state index in [0.717, 1.165) is 6.07 Å². The Kier molecular flexibility index (Phi) is 5.81. The number of carbonyl (C=O) groups is 2. The van der Waals surface area contributed by atoms with Crippen LogP contribution in [0.15, 0.2) is 18.2 Å². The predicted octanol–water partition coefficient (Wildman–Crippen LogP) is 0.249. The summed E-state index contributed by atoms with van der Waals surface area (Å²) in [6.45, 7) is 2.04. The molecule has 1 rings (SSSR count). The van der Waals surface area contributed by atoms with E-state index in [4.69, 9.17) is 16.7 Å². The monoisotopic (exact) mass is 292 g/mol. The number of hydrogen-bond donors (Lipinski definition) is 2. The summed E-state index contributed by atoms with van der Waals surface area (Å²) in [5, 5.41) is 8.68. The van der Waals surface area contributed by atoms with Crippen LogP contribution in [0.4, 0.5) is 4.39 Å². The summed E-state index contributed by atoms with van der Waals surface area (Å²) >= 11 is 0. The van der Waals surface area contributed by atoms with Gasteiger partial charge in [0.05, 0.1) is 24.1 Å². The van der Waals surface area contributed by atoms with Crippen LogP contribution in [-0.4, -0.2) is 29.3 Å². The molecule has 0 aliphatic heterocycles. The van der Waals surface area contributed by atoms with Gasteiger partial charge in [-0.15, -0.1) is 0 Å². The van der Waals surface area contributed by atoms with E-state index < -0.39 is 23.7 Å². The fraction of sp³-hybridized carbons (Fsp3) is 0.357. The molecule has 1 aromatic carbocycles. The summed E-state index contributed by atoms with van der Waals surface area (Å²) in [5.74, 6) is -1.71. The van der Waals surface area contributed by atoms with Gasteiger partial charge in [-0.05, 0) is 19.1 Å². The highest BCUT2D eigenvalue weighted by Gasteiger charge is 2.22. The van der Waals surface area contributed by atoms with Crippen molar-refractivity contribution in [3.8, 4) is 6.07 Å². The highest BCUT2D eigenvalue weighted by atomic mass is 19.1. The molecule has 2 amide bonds. The molecular weight excluding hydrogens is 275 g/mol. The number of rotatable bonds is 6. The molecular formula is C14H17FN4O2. The van der Waals surface area contributed by atoms with Crippen LogP contribution in [0.5, 0.6) is 0 Å². The average molecular weight is 292 g/mol. The van der Waals surface area contributed by atoms with Gasteiger partial charge in [-0.1, -0.05) is 6.07 Å². The van der Waals surface area contributed by atoms with Crippen molar-refractivity contribution in [1.29, 1.82) is 5.26 Å². The number of primary amides is 1. The van der Waals surface area contributed by atoms with Gasteiger partial charge in [0.15, 0.2) is 0 Å². The number of nitrogens with two attached hydrogens (primary N) is 2. The van der Waals surface area contributed by atoms with Crippen LogP contribution in [0.3, 0.4) is 0 Å². The number of likely N-dealkylation sites (N-methyl/N-ethyl adjacent to an activating group) is 1. The Balaban J connectivity index is 2.85. The Bertz CT molecular complexity index is 583. The Morgan fingerprint density at radius 2 is 2.14 bits per heavy atom. The lowest BCUT2D eigenvalue weighted by atomic mass is 10.1. The van der Waals surface area contributed by atoms with E-state index in [9.17, 15) is 14.0 Å². The molecule has 0 saturated heterocycles. The number of halogens is 1. The largest absolute Gasteiger partial charge is 0.370 e. The number of hydrogen-bond acceptors (Lipinski definition) is 4. The molecule has 0 saturated carbocycles. The van der Waals surface area contributed by atoms with Gasteiger partial charge >= 0.3 is 0 Å². The van der Waals surface area contributed by atoms with E-state index in [1.165, 1.54) is 17.0 Å². The SMILES string of the molecule is CCN(Cc1ccc(C#N)cc1F)C(=O)C(N)CC(N)=O. The van der Waals surface area contributed by atoms with Crippen LogP contribution in [0.25, 0.3) is 0 Å². The summed E-state index contributed by atoms with van der Waals surface area (Å²) in [4.78, 5) is 24.2. The van der Waals surface area contributed by atoms with E-state index in [0.29, 0.717) is 6.54 Å². The molecule has 0 spiro atoms. The topological polar surface area (TPSA) is 113 Å². The van der Waals surface area contributed by atoms with E-state index in [1.54, 1.807) is 6.92 Å². The van der Waals surface area contributed by atoms with E-state index in [-0.39, 0.29) is 24.1 Å². The fourth-order valence-electron chi connectivity index (χ4n) is 1.83. The summed E-state index contributed by atoms with van der Waals surface area (Å²) in [7, 11) is 0. The smallest absolute Gasteiger partial charge is 0.240 e. The van der Waals surface area contributed by atoms with Crippen LogP contribution in [0.1, 0.15) is 24.5 Å². The van der Waals surface area contributed by atoms with Crippen molar-refractivity contribution in [2.75, 3.05) is 6.54 Å². The first-order chi connectivity index (χ1) is 9.88. The van der Waals surface area contributed by atoms with Crippen LogP contribution in [0, 0.1) is 17.1 Å². The third-order valence-corrected chi connectivity index (χ3v) is 2.98. The second-order valence-corrected chi connectivity index (χ2v) is 4.55. The Labute approximate surface area is 122 Å². The van der Waals surface area contributed by atoms with Gasteiger partial charge in [-0.3, -0.25) is 9.59 Å². The maximum Gasteiger partial charge on any atom is 0.240 e. The average Bonchev–Trinajstić information content (AvgIpc) is 2.44. The third-order valence-electron chi connectivity index (χ3n) is 2.98. The molecule has 1 atom stereocenters. The van der Waals surface area contributed by atoms with Gasteiger partial charge in [0.1, 0.15) is 5.82 Å². The first kappa shape index (κ1) is 16.6. The molecule has 6 nitrogen and oxygen atoms in total. The Morgan fingerprint density at radius 3 is 2.62 bits per heavy atom. The number of carbonyl (C=O) groups excluding carboxylic acids is 2. The second-order valence-electron chi connectivity index (χ2n) is 4.55. The third kappa shape index (κ3) is 4.54. The minimum absolute atomic E-state index is 0.0132. The minimum atomic E-state index is -1.04. The van der Waals surface area contributed by atoms with Gasteiger partial charge in [0.25, 0.3) is 0 Å².